The molecule has 0 aliphatic carbocycles. The number of halogens is 3. The van der Waals surface area contributed by atoms with Gasteiger partial charge in [0.2, 0.25) is 0 Å². The number of hydrogen-bond acceptors (Lipinski definition) is 6. The molecule has 0 atom stereocenters. The van der Waals surface area contributed by atoms with Gasteiger partial charge in [-0.05, 0) is 38.1 Å². The summed E-state index contributed by atoms with van der Waals surface area (Å²) in [4.78, 5) is 9.97. The highest BCUT2D eigenvalue weighted by Gasteiger charge is 2.02. The topological polar surface area (TPSA) is 84.9 Å². The van der Waals surface area contributed by atoms with E-state index in [0.717, 1.165) is 26.0 Å². The number of oxime groups is 1. The average Bonchev–Trinajstić information content (AvgIpc) is 3.15. The van der Waals surface area contributed by atoms with Gasteiger partial charge >= 0.3 is 5.97 Å². The maximum Gasteiger partial charge on any atom is 0.307 e. The minimum atomic E-state index is -0.312. The van der Waals surface area contributed by atoms with Crippen molar-refractivity contribution < 1.29 is 19.3 Å². The predicted octanol–water partition coefficient (Wildman–Crippen LogP) is 7.32. The number of carbonyl (C=O) groups is 1. The third-order valence-electron chi connectivity index (χ3n) is 3.26. The van der Waals surface area contributed by atoms with Crippen LogP contribution in [0.15, 0.2) is 85.6 Å². The molecule has 0 radical (unpaired) electrons. The number of nitrogens with zero attached hydrogens (tertiary/aromatic N) is 2. The van der Waals surface area contributed by atoms with Crippen LogP contribution in [0.5, 0.6) is 0 Å². The van der Waals surface area contributed by atoms with Crippen LogP contribution >= 0.6 is 43.5 Å². The highest BCUT2D eigenvalue weighted by atomic mass is 79.9. The Labute approximate surface area is 202 Å². The van der Waals surface area contributed by atoms with E-state index in [9.17, 15) is 4.79 Å². The molecule has 2 aromatic carbocycles. The molecule has 0 aliphatic rings. The number of ether oxygens (including phenoxy) is 1. The summed E-state index contributed by atoms with van der Waals surface area (Å²) in [6, 6.07) is 17.1. The molecule has 9 heteroatoms. The number of esters is 1. The van der Waals surface area contributed by atoms with Crippen LogP contribution in [0.3, 0.4) is 0 Å². The first-order valence-electron chi connectivity index (χ1n) is 8.79. The normalized spacial score (nSPS) is 10.2. The second-order valence-corrected chi connectivity index (χ2v) is 8.21. The minimum absolute atomic E-state index is 0.0949. The lowest BCUT2D eigenvalue weighted by atomic mass is 10.1. The predicted molar refractivity (Wildman–Crippen MR) is 129 cm³/mol. The molecule has 0 saturated heterocycles. The number of benzene rings is 2. The summed E-state index contributed by atoms with van der Waals surface area (Å²) in [5.41, 5.74) is 2.64. The lowest BCUT2D eigenvalue weighted by molar-refractivity contribution is -0.136. The Morgan fingerprint density at radius 2 is 1.61 bits per heavy atom. The first kappa shape index (κ1) is 26.6. The Bertz CT molecular complexity index is 1000. The van der Waals surface area contributed by atoms with Crippen LogP contribution in [0.1, 0.15) is 25.2 Å². The SMILES string of the molecule is C=C(C)OC(C)=O.Cc1cc(-c2ccc(Br)cc2)no1.O/N=C(\Cl)c1ccc(Br)cc1. The molecule has 3 rings (SSSR count). The van der Waals surface area contributed by atoms with Gasteiger partial charge < -0.3 is 14.5 Å². The number of allylic oxidation sites excluding steroid dienone is 1. The minimum Gasteiger partial charge on any atom is -0.432 e. The van der Waals surface area contributed by atoms with E-state index in [2.05, 4.69) is 53.5 Å². The number of hydrogen-bond donors (Lipinski definition) is 1. The zero-order chi connectivity index (χ0) is 23.4. The van der Waals surface area contributed by atoms with Crippen molar-refractivity contribution in [2.75, 3.05) is 0 Å². The van der Waals surface area contributed by atoms with Gasteiger partial charge in [-0.15, -0.1) is 0 Å². The molecule has 164 valence electrons. The molecular formula is C22H21Br2ClN2O4. The van der Waals surface area contributed by atoms with E-state index in [1.54, 1.807) is 19.1 Å². The highest BCUT2D eigenvalue weighted by molar-refractivity contribution is 9.10. The molecule has 0 bridgehead atoms. The van der Waals surface area contributed by atoms with Crippen LogP contribution in [-0.2, 0) is 9.53 Å². The van der Waals surface area contributed by atoms with Crippen LogP contribution in [0.2, 0.25) is 0 Å². The summed E-state index contributed by atoms with van der Waals surface area (Å²) in [7, 11) is 0. The monoisotopic (exact) mass is 570 g/mol. The Morgan fingerprint density at radius 1 is 1.10 bits per heavy atom. The van der Waals surface area contributed by atoms with Crippen molar-refractivity contribution in [1.29, 1.82) is 0 Å². The van der Waals surface area contributed by atoms with E-state index in [-0.39, 0.29) is 11.1 Å². The standard InChI is InChI=1S/C10H8BrNO.C7H5BrClNO.C5H8O2/c1-7-6-10(12-13-7)8-2-4-9(11)5-3-8;8-6-3-1-5(2-4-6)7(9)10-11;1-4(2)7-5(3)6/h2-6H,1H3;1-4,11H;1H2,2-3H3/b;10-7-;. The number of carbonyl (C=O) groups excluding carboxylic acids is 1. The largest absolute Gasteiger partial charge is 0.432 e. The first-order valence-corrected chi connectivity index (χ1v) is 10.8. The summed E-state index contributed by atoms with van der Waals surface area (Å²) in [6.45, 7) is 8.20. The van der Waals surface area contributed by atoms with Gasteiger partial charge in [-0.25, -0.2) is 0 Å². The van der Waals surface area contributed by atoms with Crippen molar-refractivity contribution in [1.82, 2.24) is 5.16 Å². The summed E-state index contributed by atoms with van der Waals surface area (Å²) in [6.07, 6.45) is 0. The Kier molecular flexibility index (Phi) is 11.8. The fourth-order valence-electron chi connectivity index (χ4n) is 2.01. The van der Waals surface area contributed by atoms with Gasteiger partial charge in [-0.1, -0.05) is 84.6 Å². The molecule has 31 heavy (non-hydrogen) atoms. The number of aryl methyl sites for hydroxylation is 1. The van der Waals surface area contributed by atoms with Gasteiger partial charge in [0.05, 0.1) is 5.76 Å². The zero-order valence-corrected chi connectivity index (χ0v) is 21.0. The van der Waals surface area contributed by atoms with Crippen molar-refractivity contribution in [3.8, 4) is 11.3 Å². The van der Waals surface area contributed by atoms with Gasteiger partial charge in [0.15, 0.2) is 5.17 Å². The van der Waals surface area contributed by atoms with Crippen LogP contribution in [-0.4, -0.2) is 21.5 Å². The van der Waals surface area contributed by atoms with Gasteiger partial charge in [0.25, 0.3) is 0 Å². The number of rotatable bonds is 3. The fourth-order valence-corrected chi connectivity index (χ4v) is 2.67. The molecule has 0 spiro atoms. The van der Waals surface area contributed by atoms with E-state index < -0.39 is 0 Å². The molecule has 3 aromatic rings. The molecule has 0 aliphatic heterocycles. The first-order chi connectivity index (χ1) is 14.6. The molecule has 0 saturated carbocycles. The Morgan fingerprint density at radius 3 is 1.97 bits per heavy atom. The van der Waals surface area contributed by atoms with Crippen molar-refractivity contribution in [3.63, 3.8) is 0 Å². The quantitative estimate of drug-likeness (QED) is 0.117. The maximum absolute atomic E-state index is 9.97. The molecule has 0 amide bonds. The summed E-state index contributed by atoms with van der Waals surface area (Å²) in [5, 5.41) is 15.2. The lowest BCUT2D eigenvalue weighted by Gasteiger charge is -1.94. The molecule has 1 aromatic heterocycles. The molecule has 0 fully saturated rings. The second-order valence-electron chi connectivity index (χ2n) is 6.02. The molecule has 0 unspecified atom stereocenters. The summed E-state index contributed by atoms with van der Waals surface area (Å²) < 4.78 is 11.4. The van der Waals surface area contributed by atoms with Crippen molar-refractivity contribution >= 4 is 54.6 Å². The van der Waals surface area contributed by atoms with Crippen LogP contribution in [0.25, 0.3) is 11.3 Å². The fraction of sp³-hybridized carbons (Fsp3) is 0.136. The van der Waals surface area contributed by atoms with Gasteiger partial charge in [-0.2, -0.15) is 0 Å². The van der Waals surface area contributed by atoms with Crippen molar-refractivity contribution in [3.05, 3.63) is 87.2 Å². The Hall–Kier alpha value is -2.42. The zero-order valence-electron chi connectivity index (χ0n) is 17.1. The molecule has 1 N–H and O–H groups in total. The van der Waals surface area contributed by atoms with Crippen molar-refractivity contribution in [2.45, 2.75) is 20.8 Å². The van der Waals surface area contributed by atoms with Crippen LogP contribution in [0, 0.1) is 6.92 Å². The van der Waals surface area contributed by atoms with Gasteiger partial charge in [0, 0.05) is 33.1 Å². The summed E-state index contributed by atoms with van der Waals surface area (Å²) >= 11 is 12.2. The molecule has 1 heterocycles. The molecular weight excluding hydrogens is 552 g/mol. The third kappa shape index (κ3) is 11.0. The average molecular weight is 573 g/mol. The van der Waals surface area contributed by atoms with E-state index in [1.165, 1.54) is 6.92 Å². The smallest absolute Gasteiger partial charge is 0.307 e. The van der Waals surface area contributed by atoms with E-state index in [1.807, 2.05) is 49.4 Å². The van der Waals surface area contributed by atoms with E-state index in [0.29, 0.717) is 11.3 Å². The Balaban J connectivity index is 0.000000245. The van der Waals surface area contributed by atoms with Gasteiger partial charge in [0.1, 0.15) is 11.5 Å². The van der Waals surface area contributed by atoms with Crippen LogP contribution < -0.4 is 0 Å². The number of aromatic nitrogens is 1. The third-order valence-corrected chi connectivity index (χ3v) is 4.61. The van der Waals surface area contributed by atoms with E-state index >= 15 is 0 Å². The van der Waals surface area contributed by atoms with Gasteiger partial charge in [-0.3, -0.25) is 4.79 Å². The lowest BCUT2D eigenvalue weighted by Crippen LogP contribution is -1.93. The maximum atomic E-state index is 9.97. The van der Waals surface area contributed by atoms with Crippen molar-refractivity contribution in [2.24, 2.45) is 5.16 Å². The highest BCUT2D eigenvalue weighted by Crippen LogP contribution is 2.21. The molecule has 6 nitrogen and oxygen atoms in total. The van der Waals surface area contributed by atoms with Crippen LogP contribution in [0.4, 0.5) is 0 Å². The second kappa shape index (κ2) is 13.8. The van der Waals surface area contributed by atoms with E-state index in [4.69, 9.17) is 21.3 Å². The summed E-state index contributed by atoms with van der Waals surface area (Å²) in [5.74, 6) is 0.956.